The minimum atomic E-state index is 0.857. The molecule has 0 amide bonds. The number of ether oxygens (including phenoxy) is 1. The number of nitrogens with one attached hydrogen (secondary N) is 1. The van der Waals surface area contributed by atoms with Crippen molar-refractivity contribution in [3.63, 3.8) is 0 Å². The highest BCUT2D eigenvalue weighted by Crippen LogP contribution is 2.29. The molecule has 0 bridgehead atoms. The molecule has 1 aliphatic heterocycles. The molecule has 1 aromatic heterocycles. The fourth-order valence-corrected chi connectivity index (χ4v) is 4.38. The molecule has 0 saturated carbocycles. The first-order valence-corrected chi connectivity index (χ1v) is 9.07. The Morgan fingerprint density at radius 3 is 2.90 bits per heavy atom. The van der Waals surface area contributed by atoms with Crippen LogP contribution in [0.2, 0.25) is 0 Å². The van der Waals surface area contributed by atoms with E-state index < -0.39 is 0 Å². The monoisotopic (exact) mass is 419 g/mol. The van der Waals surface area contributed by atoms with Gasteiger partial charge in [-0.2, -0.15) is 0 Å². The summed E-state index contributed by atoms with van der Waals surface area (Å²) in [6, 6.07) is 4.07. The van der Waals surface area contributed by atoms with Crippen LogP contribution in [-0.4, -0.2) is 53.5 Å². The number of imidazole rings is 1. The second kappa shape index (κ2) is 6.79. The van der Waals surface area contributed by atoms with E-state index in [1.54, 1.807) is 11.8 Å². The molecule has 0 atom stereocenters. The van der Waals surface area contributed by atoms with Crippen LogP contribution in [0.15, 0.2) is 26.2 Å². The molecule has 1 saturated heterocycles. The molecule has 1 N–H and O–H groups in total. The Morgan fingerprint density at radius 2 is 2.10 bits per heavy atom. The van der Waals surface area contributed by atoms with Gasteiger partial charge in [0.25, 0.3) is 0 Å². The van der Waals surface area contributed by atoms with Crippen molar-refractivity contribution in [1.82, 2.24) is 14.9 Å². The first-order valence-electron chi connectivity index (χ1n) is 6.50. The Hall–Kier alpha value is -0.0800. The van der Waals surface area contributed by atoms with Gasteiger partial charge in [0.15, 0.2) is 5.16 Å². The highest BCUT2D eigenvalue weighted by atomic mass is 79.9. The predicted molar refractivity (Wildman–Crippen MR) is 89.5 cm³/mol. The van der Waals surface area contributed by atoms with E-state index in [2.05, 4.69) is 52.8 Å². The van der Waals surface area contributed by atoms with Gasteiger partial charge in [-0.25, -0.2) is 4.98 Å². The van der Waals surface area contributed by atoms with Gasteiger partial charge in [-0.05, 0) is 28.1 Å². The van der Waals surface area contributed by atoms with Gasteiger partial charge in [0.05, 0.1) is 18.7 Å². The number of fused-ring (bicyclic) bond motifs is 1. The molecule has 1 aliphatic rings. The van der Waals surface area contributed by atoms with Gasteiger partial charge < -0.3 is 9.72 Å². The van der Waals surface area contributed by atoms with Crippen LogP contribution in [0.1, 0.15) is 0 Å². The number of morpholine rings is 1. The lowest BCUT2D eigenvalue weighted by Gasteiger charge is -2.26. The third-order valence-corrected chi connectivity index (χ3v) is 5.15. The van der Waals surface area contributed by atoms with Gasteiger partial charge in [0.1, 0.15) is 5.52 Å². The highest BCUT2D eigenvalue weighted by Gasteiger charge is 2.11. The number of H-pyrrole nitrogens is 1. The molecular weight excluding hydrogens is 406 g/mol. The van der Waals surface area contributed by atoms with Crippen molar-refractivity contribution >= 4 is 54.7 Å². The molecule has 7 heteroatoms. The van der Waals surface area contributed by atoms with Gasteiger partial charge in [0.2, 0.25) is 0 Å². The van der Waals surface area contributed by atoms with Crippen molar-refractivity contribution in [2.75, 3.05) is 38.6 Å². The zero-order valence-corrected chi connectivity index (χ0v) is 14.9. The molecule has 0 aliphatic carbocycles. The lowest BCUT2D eigenvalue weighted by atomic mass is 10.3. The van der Waals surface area contributed by atoms with Crippen LogP contribution in [0.25, 0.3) is 11.0 Å². The number of nitrogens with zero attached hydrogens (tertiary/aromatic N) is 2. The average Bonchev–Trinajstić information content (AvgIpc) is 2.83. The molecule has 108 valence electrons. The summed E-state index contributed by atoms with van der Waals surface area (Å²) in [5, 5.41) is 0.979. The number of hydrogen-bond donors (Lipinski definition) is 1. The van der Waals surface area contributed by atoms with E-state index in [0.29, 0.717) is 0 Å². The summed E-state index contributed by atoms with van der Waals surface area (Å²) in [7, 11) is 0. The third kappa shape index (κ3) is 3.57. The van der Waals surface area contributed by atoms with Gasteiger partial charge in [-0.1, -0.05) is 27.7 Å². The topological polar surface area (TPSA) is 41.2 Å². The van der Waals surface area contributed by atoms with Crippen LogP contribution in [0.5, 0.6) is 0 Å². The SMILES string of the molecule is Brc1cc(Br)c2nc(SCCN3CCOCC3)[nH]c2c1. The summed E-state index contributed by atoms with van der Waals surface area (Å²) >= 11 is 8.81. The highest BCUT2D eigenvalue weighted by molar-refractivity contribution is 9.11. The van der Waals surface area contributed by atoms with Crippen LogP contribution in [0.4, 0.5) is 0 Å². The van der Waals surface area contributed by atoms with E-state index in [1.165, 1.54) is 0 Å². The Bertz CT molecular complexity index is 599. The number of halogens is 2. The summed E-state index contributed by atoms with van der Waals surface area (Å²) in [5.41, 5.74) is 2.04. The van der Waals surface area contributed by atoms with Crippen molar-refractivity contribution in [3.8, 4) is 0 Å². The Kier molecular flexibility index (Phi) is 5.04. The molecule has 0 radical (unpaired) electrons. The fourth-order valence-electron chi connectivity index (χ4n) is 2.18. The van der Waals surface area contributed by atoms with Gasteiger partial charge in [-0.3, -0.25) is 4.90 Å². The predicted octanol–water partition coefficient (Wildman–Crippen LogP) is 3.51. The second-order valence-corrected chi connectivity index (χ2v) is 7.48. The van der Waals surface area contributed by atoms with Crippen LogP contribution in [0.3, 0.4) is 0 Å². The minimum absolute atomic E-state index is 0.857. The number of rotatable bonds is 4. The van der Waals surface area contributed by atoms with Gasteiger partial charge in [-0.15, -0.1) is 0 Å². The zero-order valence-electron chi connectivity index (χ0n) is 10.9. The summed E-state index contributed by atoms with van der Waals surface area (Å²) in [5.74, 6) is 1.04. The van der Waals surface area contributed by atoms with Crippen LogP contribution < -0.4 is 0 Å². The van der Waals surface area contributed by atoms with Crippen LogP contribution >= 0.6 is 43.6 Å². The van der Waals surface area contributed by atoms with Gasteiger partial charge in [0, 0.05) is 34.3 Å². The molecule has 3 rings (SSSR count). The molecule has 0 unspecified atom stereocenters. The van der Waals surface area contributed by atoms with Crippen molar-refractivity contribution in [3.05, 3.63) is 21.1 Å². The maximum absolute atomic E-state index is 5.35. The van der Waals surface area contributed by atoms with Crippen molar-refractivity contribution < 1.29 is 4.74 Å². The summed E-state index contributed by atoms with van der Waals surface area (Å²) < 4.78 is 7.41. The molecule has 1 fully saturated rings. The molecule has 2 aromatic rings. The molecule has 2 heterocycles. The van der Waals surface area contributed by atoms with E-state index >= 15 is 0 Å². The molecular formula is C13H15Br2N3OS. The van der Waals surface area contributed by atoms with Crippen molar-refractivity contribution in [2.24, 2.45) is 0 Å². The first kappa shape index (κ1) is 14.8. The molecule has 1 aromatic carbocycles. The van der Waals surface area contributed by atoms with E-state index in [0.717, 1.165) is 63.7 Å². The smallest absolute Gasteiger partial charge is 0.166 e. The molecule has 4 nitrogen and oxygen atoms in total. The number of benzene rings is 1. The number of aromatic nitrogens is 2. The Balaban J connectivity index is 1.61. The Labute approximate surface area is 138 Å². The average molecular weight is 421 g/mol. The van der Waals surface area contributed by atoms with Crippen molar-refractivity contribution in [1.29, 1.82) is 0 Å². The van der Waals surface area contributed by atoms with Crippen molar-refractivity contribution in [2.45, 2.75) is 5.16 Å². The van der Waals surface area contributed by atoms with E-state index in [9.17, 15) is 0 Å². The standard InChI is InChI=1S/C13H15Br2N3OS/c14-9-7-10(15)12-11(8-9)16-13(17-12)20-6-3-18-1-4-19-5-2-18/h7-8H,1-6H2,(H,16,17). The number of hydrogen-bond acceptors (Lipinski definition) is 4. The van der Waals surface area contributed by atoms with Gasteiger partial charge >= 0.3 is 0 Å². The largest absolute Gasteiger partial charge is 0.379 e. The minimum Gasteiger partial charge on any atom is -0.379 e. The third-order valence-electron chi connectivity index (χ3n) is 3.23. The normalized spacial score (nSPS) is 16.9. The zero-order chi connectivity index (χ0) is 13.9. The van der Waals surface area contributed by atoms with Crippen LogP contribution in [0, 0.1) is 0 Å². The van der Waals surface area contributed by atoms with E-state index in [1.807, 2.05) is 6.07 Å². The summed E-state index contributed by atoms with van der Waals surface area (Å²) in [4.78, 5) is 10.4. The fraction of sp³-hybridized carbons (Fsp3) is 0.462. The maximum Gasteiger partial charge on any atom is 0.166 e. The summed E-state index contributed by atoms with van der Waals surface area (Å²) in [6.07, 6.45) is 0. The van der Waals surface area contributed by atoms with E-state index in [4.69, 9.17) is 4.74 Å². The first-order chi connectivity index (χ1) is 9.72. The molecule has 0 spiro atoms. The lowest BCUT2D eigenvalue weighted by Crippen LogP contribution is -2.37. The summed E-state index contributed by atoms with van der Waals surface area (Å²) in [6.45, 7) is 4.88. The lowest BCUT2D eigenvalue weighted by molar-refractivity contribution is 0.0410. The molecule has 20 heavy (non-hydrogen) atoms. The number of aromatic amines is 1. The van der Waals surface area contributed by atoms with E-state index in [-0.39, 0.29) is 0 Å². The van der Waals surface area contributed by atoms with Crippen LogP contribution in [-0.2, 0) is 4.74 Å². The second-order valence-electron chi connectivity index (χ2n) is 4.63. The number of thioether (sulfide) groups is 1. The Morgan fingerprint density at radius 1 is 1.30 bits per heavy atom. The maximum atomic E-state index is 5.35. The quantitative estimate of drug-likeness (QED) is 0.768.